The number of anilines is 1. The summed E-state index contributed by atoms with van der Waals surface area (Å²) in [7, 11) is 2.22. The predicted molar refractivity (Wildman–Crippen MR) is 108 cm³/mol. The SMILES string of the molecule is C[C@H]1CN(C)CC[C@@H]1CCc1ccc(NC(=O)c2n[nH]c3c2CCC3)cc1. The van der Waals surface area contributed by atoms with E-state index in [2.05, 4.69) is 46.5 Å². The van der Waals surface area contributed by atoms with Gasteiger partial charge in [-0.05, 0) is 81.6 Å². The zero-order valence-electron chi connectivity index (χ0n) is 16.4. The molecule has 1 amide bonds. The molecule has 5 heteroatoms. The lowest BCUT2D eigenvalue weighted by atomic mass is 9.83. The smallest absolute Gasteiger partial charge is 0.276 e. The normalized spacial score (nSPS) is 22.6. The highest BCUT2D eigenvalue weighted by Gasteiger charge is 2.24. The fourth-order valence-electron chi connectivity index (χ4n) is 4.64. The van der Waals surface area contributed by atoms with Gasteiger partial charge in [-0.15, -0.1) is 0 Å². The summed E-state index contributed by atoms with van der Waals surface area (Å²) in [5, 5.41) is 10.2. The first-order chi connectivity index (χ1) is 13.1. The van der Waals surface area contributed by atoms with Crippen LogP contribution >= 0.6 is 0 Å². The molecule has 2 aromatic rings. The van der Waals surface area contributed by atoms with Crippen molar-refractivity contribution >= 4 is 11.6 Å². The van der Waals surface area contributed by atoms with Crippen LogP contribution in [0, 0.1) is 11.8 Å². The number of benzene rings is 1. The Kier molecular flexibility index (Phi) is 5.30. The Bertz CT molecular complexity index is 795. The summed E-state index contributed by atoms with van der Waals surface area (Å²) < 4.78 is 0. The minimum Gasteiger partial charge on any atom is -0.321 e. The molecular weight excluding hydrogens is 336 g/mol. The van der Waals surface area contributed by atoms with E-state index in [9.17, 15) is 4.79 Å². The maximum atomic E-state index is 12.5. The number of fused-ring (bicyclic) bond motifs is 1. The summed E-state index contributed by atoms with van der Waals surface area (Å²) >= 11 is 0. The molecule has 144 valence electrons. The fourth-order valence-corrected chi connectivity index (χ4v) is 4.64. The molecule has 1 saturated heterocycles. The highest BCUT2D eigenvalue weighted by atomic mass is 16.1. The highest BCUT2D eigenvalue weighted by Crippen LogP contribution is 2.27. The third-order valence-electron chi connectivity index (χ3n) is 6.32. The first kappa shape index (κ1) is 18.2. The Morgan fingerprint density at radius 1 is 1.30 bits per heavy atom. The number of nitrogens with zero attached hydrogens (tertiary/aromatic N) is 2. The van der Waals surface area contributed by atoms with Gasteiger partial charge < -0.3 is 10.2 Å². The number of aromatic amines is 1. The number of nitrogens with one attached hydrogen (secondary N) is 2. The third-order valence-corrected chi connectivity index (χ3v) is 6.32. The molecule has 1 aliphatic carbocycles. The van der Waals surface area contributed by atoms with Crippen LogP contribution in [0.3, 0.4) is 0 Å². The molecule has 0 spiro atoms. The minimum atomic E-state index is -0.109. The van der Waals surface area contributed by atoms with Crippen molar-refractivity contribution in [2.75, 3.05) is 25.5 Å². The molecule has 1 fully saturated rings. The number of hydrogen-bond donors (Lipinski definition) is 2. The number of likely N-dealkylation sites (tertiary alicyclic amines) is 1. The van der Waals surface area contributed by atoms with Gasteiger partial charge in [0.15, 0.2) is 5.69 Å². The monoisotopic (exact) mass is 366 g/mol. The first-order valence-electron chi connectivity index (χ1n) is 10.2. The van der Waals surface area contributed by atoms with Crippen LogP contribution in [0.1, 0.15) is 53.5 Å². The molecule has 2 atom stereocenters. The van der Waals surface area contributed by atoms with Gasteiger partial charge in [-0.25, -0.2) is 0 Å². The van der Waals surface area contributed by atoms with Crippen LogP contribution < -0.4 is 5.32 Å². The van der Waals surface area contributed by atoms with Crippen molar-refractivity contribution in [2.45, 2.75) is 45.4 Å². The molecule has 0 saturated carbocycles. The van der Waals surface area contributed by atoms with Crippen molar-refractivity contribution in [1.82, 2.24) is 15.1 Å². The second-order valence-corrected chi connectivity index (χ2v) is 8.36. The van der Waals surface area contributed by atoms with Gasteiger partial charge in [-0.1, -0.05) is 19.1 Å². The molecule has 2 heterocycles. The number of piperidine rings is 1. The van der Waals surface area contributed by atoms with E-state index in [1.807, 2.05) is 12.1 Å². The molecule has 27 heavy (non-hydrogen) atoms. The Balaban J connectivity index is 1.31. The summed E-state index contributed by atoms with van der Waals surface area (Å²) in [6.07, 6.45) is 6.72. The van der Waals surface area contributed by atoms with Crippen LogP contribution in [-0.2, 0) is 19.3 Å². The predicted octanol–water partition coefficient (Wildman–Crippen LogP) is 3.67. The van der Waals surface area contributed by atoms with E-state index in [0.717, 1.165) is 54.5 Å². The average molecular weight is 367 g/mol. The van der Waals surface area contributed by atoms with Crippen molar-refractivity contribution in [2.24, 2.45) is 11.8 Å². The molecule has 2 aliphatic rings. The van der Waals surface area contributed by atoms with Crippen LogP contribution in [0.4, 0.5) is 5.69 Å². The number of aromatic nitrogens is 2. The van der Waals surface area contributed by atoms with Gasteiger partial charge in [0.05, 0.1) is 0 Å². The average Bonchev–Trinajstić information content (AvgIpc) is 3.25. The summed E-state index contributed by atoms with van der Waals surface area (Å²) in [5.74, 6) is 1.49. The Hall–Kier alpha value is -2.14. The van der Waals surface area contributed by atoms with Crippen LogP contribution in [0.5, 0.6) is 0 Å². The molecular formula is C22H30N4O. The standard InChI is InChI=1S/C22H30N4O/c1-15-14-26(2)13-12-17(15)9-6-16-7-10-18(11-8-16)23-22(27)21-19-4-3-5-20(19)24-25-21/h7-8,10-11,15,17H,3-6,9,12-14H2,1-2H3,(H,23,27)(H,24,25)/t15-,17-/m0/s1. The number of carbonyl (C=O) groups is 1. The molecule has 1 aliphatic heterocycles. The van der Waals surface area contributed by atoms with Gasteiger partial charge in [0.25, 0.3) is 5.91 Å². The third kappa shape index (κ3) is 4.08. The molecule has 1 aromatic heterocycles. The van der Waals surface area contributed by atoms with E-state index in [1.54, 1.807) is 0 Å². The van der Waals surface area contributed by atoms with Crippen LogP contribution in [0.2, 0.25) is 0 Å². The highest BCUT2D eigenvalue weighted by molar-refractivity contribution is 6.04. The van der Waals surface area contributed by atoms with Gasteiger partial charge in [0.1, 0.15) is 0 Å². The summed E-state index contributed by atoms with van der Waals surface area (Å²) in [6.45, 7) is 4.81. The Labute approximate surface area is 161 Å². The Morgan fingerprint density at radius 3 is 2.89 bits per heavy atom. The van der Waals surface area contributed by atoms with Crippen molar-refractivity contribution in [3.63, 3.8) is 0 Å². The number of aryl methyl sites for hydroxylation is 2. The zero-order valence-corrected chi connectivity index (χ0v) is 16.4. The number of carbonyl (C=O) groups excluding carboxylic acids is 1. The number of amides is 1. The van der Waals surface area contributed by atoms with Crippen LogP contribution in [0.15, 0.2) is 24.3 Å². The lowest BCUT2D eigenvalue weighted by Crippen LogP contribution is -2.36. The molecule has 2 N–H and O–H groups in total. The number of rotatable bonds is 5. The molecule has 0 radical (unpaired) electrons. The first-order valence-corrected chi connectivity index (χ1v) is 10.2. The number of H-pyrrole nitrogens is 1. The molecule has 1 aromatic carbocycles. The Morgan fingerprint density at radius 2 is 2.11 bits per heavy atom. The molecule has 4 rings (SSSR count). The minimum absolute atomic E-state index is 0.109. The summed E-state index contributed by atoms with van der Waals surface area (Å²) in [6, 6.07) is 8.31. The van der Waals surface area contributed by atoms with Crippen molar-refractivity contribution in [1.29, 1.82) is 0 Å². The molecule has 0 bridgehead atoms. The van der Waals surface area contributed by atoms with E-state index in [1.165, 1.54) is 31.5 Å². The van der Waals surface area contributed by atoms with Crippen LogP contribution in [0.25, 0.3) is 0 Å². The molecule has 0 unspecified atom stereocenters. The lowest BCUT2D eigenvalue weighted by Gasteiger charge is -2.34. The van der Waals surface area contributed by atoms with Gasteiger partial charge in [0, 0.05) is 23.5 Å². The maximum absolute atomic E-state index is 12.5. The van der Waals surface area contributed by atoms with E-state index < -0.39 is 0 Å². The topological polar surface area (TPSA) is 61.0 Å². The summed E-state index contributed by atoms with van der Waals surface area (Å²) in [4.78, 5) is 15.0. The van der Waals surface area contributed by atoms with E-state index >= 15 is 0 Å². The second-order valence-electron chi connectivity index (χ2n) is 8.36. The van der Waals surface area contributed by atoms with Gasteiger partial charge in [-0.2, -0.15) is 5.10 Å². The lowest BCUT2D eigenvalue weighted by molar-refractivity contribution is 0.102. The maximum Gasteiger partial charge on any atom is 0.276 e. The van der Waals surface area contributed by atoms with Crippen LogP contribution in [-0.4, -0.2) is 41.1 Å². The van der Waals surface area contributed by atoms with Crippen molar-refractivity contribution in [3.8, 4) is 0 Å². The fraction of sp³-hybridized carbons (Fsp3) is 0.545. The van der Waals surface area contributed by atoms with E-state index in [-0.39, 0.29) is 5.91 Å². The second kappa shape index (κ2) is 7.85. The quantitative estimate of drug-likeness (QED) is 0.849. The summed E-state index contributed by atoms with van der Waals surface area (Å²) in [5.41, 5.74) is 4.96. The van der Waals surface area contributed by atoms with Gasteiger partial charge >= 0.3 is 0 Å². The zero-order chi connectivity index (χ0) is 18.8. The van der Waals surface area contributed by atoms with E-state index in [0.29, 0.717) is 5.69 Å². The molecule has 5 nitrogen and oxygen atoms in total. The van der Waals surface area contributed by atoms with Crippen molar-refractivity contribution in [3.05, 3.63) is 46.8 Å². The van der Waals surface area contributed by atoms with E-state index in [4.69, 9.17) is 0 Å². The van der Waals surface area contributed by atoms with Crippen molar-refractivity contribution < 1.29 is 4.79 Å². The van der Waals surface area contributed by atoms with Gasteiger partial charge in [0.2, 0.25) is 0 Å². The number of hydrogen-bond acceptors (Lipinski definition) is 3. The largest absolute Gasteiger partial charge is 0.321 e. The van der Waals surface area contributed by atoms with Gasteiger partial charge in [-0.3, -0.25) is 9.89 Å².